The topological polar surface area (TPSA) is 71.4 Å². The van der Waals surface area contributed by atoms with Gasteiger partial charge >= 0.3 is 0 Å². The van der Waals surface area contributed by atoms with Crippen molar-refractivity contribution in [3.05, 3.63) is 0 Å². The van der Waals surface area contributed by atoms with Gasteiger partial charge in [0.1, 0.15) is 5.60 Å². The number of hydrogen-bond acceptors (Lipinski definition) is 4. The fourth-order valence-electron chi connectivity index (χ4n) is 0.922. The van der Waals surface area contributed by atoms with Gasteiger partial charge in [0.15, 0.2) is 15.4 Å². The molecule has 0 aliphatic heterocycles. The van der Waals surface area contributed by atoms with Crippen molar-refractivity contribution in [3.63, 3.8) is 0 Å². The Morgan fingerprint density at radius 3 is 2.00 bits per heavy atom. The van der Waals surface area contributed by atoms with Crippen molar-refractivity contribution < 1.29 is 18.3 Å². The highest BCUT2D eigenvalue weighted by Gasteiger charge is 2.39. The van der Waals surface area contributed by atoms with E-state index in [1.807, 2.05) is 9.24 Å². The second kappa shape index (κ2) is 4.03. The summed E-state index contributed by atoms with van der Waals surface area (Å²) in [7, 11) is -1.54. The Hall–Kier alpha value is 0.01000. The van der Waals surface area contributed by atoms with Crippen LogP contribution in [0.5, 0.6) is 0 Å². The maximum absolute atomic E-state index is 11.0. The SMILES string of the molecule is CC(C)C(O)(CS(C)(=O)=O)C(=O)P. The van der Waals surface area contributed by atoms with Crippen LogP contribution in [0, 0.1) is 5.92 Å². The van der Waals surface area contributed by atoms with Gasteiger partial charge in [0.25, 0.3) is 0 Å². The Kier molecular flexibility index (Phi) is 4.03. The Bertz CT molecular complexity index is 296. The molecule has 0 saturated heterocycles. The summed E-state index contributed by atoms with van der Waals surface area (Å²) in [4.78, 5) is 11.0. The molecule has 0 aromatic carbocycles. The van der Waals surface area contributed by atoms with E-state index in [2.05, 4.69) is 0 Å². The van der Waals surface area contributed by atoms with E-state index in [1.54, 1.807) is 13.8 Å². The first-order valence-electron chi connectivity index (χ1n) is 3.79. The molecule has 0 aromatic heterocycles. The largest absolute Gasteiger partial charge is 0.380 e. The minimum atomic E-state index is -3.36. The highest BCUT2D eigenvalue weighted by atomic mass is 32.2. The van der Waals surface area contributed by atoms with E-state index in [0.717, 1.165) is 6.26 Å². The molecule has 0 fully saturated rings. The third-order valence-electron chi connectivity index (χ3n) is 1.86. The van der Waals surface area contributed by atoms with Crippen LogP contribution in [0.1, 0.15) is 13.8 Å². The average Bonchev–Trinajstić information content (AvgIpc) is 1.82. The fraction of sp³-hybridized carbons (Fsp3) is 0.857. The number of carbonyl (C=O) groups is 1. The third-order valence-corrected chi connectivity index (χ3v) is 3.33. The molecule has 0 aromatic rings. The number of rotatable bonds is 4. The molecule has 0 amide bonds. The van der Waals surface area contributed by atoms with Crippen LogP contribution in [0.25, 0.3) is 0 Å². The summed E-state index contributed by atoms with van der Waals surface area (Å²) in [6, 6.07) is 0. The van der Waals surface area contributed by atoms with Crippen LogP contribution in [0.3, 0.4) is 0 Å². The van der Waals surface area contributed by atoms with E-state index in [4.69, 9.17) is 0 Å². The molecule has 2 atom stereocenters. The van der Waals surface area contributed by atoms with E-state index in [1.165, 1.54) is 0 Å². The molecule has 0 rings (SSSR count). The van der Waals surface area contributed by atoms with Crippen LogP contribution in [0.2, 0.25) is 0 Å². The zero-order chi connectivity index (χ0) is 10.9. The summed E-state index contributed by atoms with van der Waals surface area (Å²) in [6.45, 7) is 3.21. The van der Waals surface area contributed by atoms with Crippen molar-refractivity contribution >= 4 is 24.6 Å². The lowest BCUT2D eigenvalue weighted by Crippen LogP contribution is -2.47. The van der Waals surface area contributed by atoms with Gasteiger partial charge in [-0.25, -0.2) is 8.42 Å². The predicted molar refractivity (Wildman–Crippen MR) is 54.2 cm³/mol. The van der Waals surface area contributed by atoms with E-state index in [-0.39, 0.29) is 0 Å². The molecule has 0 saturated carbocycles. The van der Waals surface area contributed by atoms with Crippen molar-refractivity contribution in [2.75, 3.05) is 12.0 Å². The number of carbonyl (C=O) groups excluding carboxylic acids is 1. The molecule has 0 spiro atoms. The summed E-state index contributed by atoms with van der Waals surface area (Å²) >= 11 is 0. The summed E-state index contributed by atoms with van der Waals surface area (Å²) in [5, 5.41) is 9.75. The molecule has 0 heterocycles. The molecule has 0 aliphatic rings. The van der Waals surface area contributed by atoms with Crippen molar-refractivity contribution in [1.82, 2.24) is 0 Å². The van der Waals surface area contributed by atoms with Gasteiger partial charge in [-0.15, -0.1) is 0 Å². The molecule has 4 nitrogen and oxygen atoms in total. The molecular formula is C7H15O4PS. The quantitative estimate of drug-likeness (QED) is 0.675. The third kappa shape index (κ3) is 3.71. The first-order valence-corrected chi connectivity index (χ1v) is 6.43. The monoisotopic (exact) mass is 226 g/mol. The fourth-order valence-corrected chi connectivity index (χ4v) is 2.78. The number of sulfone groups is 1. The van der Waals surface area contributed by atoms with Gasteiger partial charge in [-0.05, 0) is 5.92 Å². The van der Waals surface area contributed by atoms with Crippen LogP contribution >= 0.6 is 9.24 Å². The van der Waals surface area contributed by atoms with E-state index < -0.39 is 32.6 Å². The second-order valence-corrected chi connectivity index (χ2v) is 6.18. The first kappa shape index (κ1) is 13.0. The molecule has 0 radical (unpaired) electrons. The average molecular weight is 226 g/mol. The van der Waals surface area contributed by atoms with Gasteiger partial charge in [-0.2, -0.15) is 0 Å². The van der Waals surface area contributed by atoms with Crippen LogP contribution in [0.15, 0.2) is 0 Å². The van der Waals surface area contributed by atoms with Gasteiger partial charge in [0.2, 0.25) is 0 Å². The maximum Gasteiger partial charge on any atom is 0.180 e. The van der Waals surface area contributed by atoms with Crippen LogP contribution in [0.4, 0.5) is 0 Å². The lowest BCUT2D eigenvalue weighted by Gasteiger charge is -2.28. The molecule has 0 aliphatic carbocycles. The van der Waals surface area contributed by atoms with Crippen LogP contribution in [-0.4, -0.2) is 36.7 Å². The molecule has 13 heavy (non-hydrogen) atoms. The Morgan fingerprint density at radius 2 is 1.92 bits per heavy atom. The van der Waals surface area contributed by atoms with Crippen molar-refractivity contribution in [1.29, 1.82) is 0 Å². The van der Waals surface area contributed by atoms with Crippen LogP contribution in [-0.2, 0) is 14.6 Å². The van der Waals surface area contributed by atoms with E-state index >= 15 is 0 Å². The standard InChI is InChI=1S/C7H15O4PS/c1-5(2)7(9,6(8)12)4-13(3,10)11/h5,9H,4,12H2,1-3H3. The minimum absolute atomic E-state index is 0.424. The Labute approximate surface area is 80.8 Å². The van der Waals surface area contributed by atoms with Gasteiger partial charge < -0.3 is 5.11 Å². The maximum atomic E-state index is 11.0. The Balaban J connectivity index is 4.95. The van der Waals surface area contributed by atoms with Gasteiger partial charge in [-0.1, -0.05) is 23.1 Å². The number of aliphatic hydroxyl groups is 1. The number of hydrogen-bond donors (Lipinski definition) is 1. The van der Waals surface area contributed by atoms with Crippen molar-refractivity contribution in [3.8, 4) is 0 Å². The molecule has 6 heteroatoms. The lowest BCUT2D eigenvalue weighted by molar-refractivity contribution is -0.129. The molecule has 1 N–H and O–H groups in total. The summed E-state index contributed by atoms with van der Waals surface area (Å²) in [5.41, 5.74) is -2.37. The summed E-state index contributed by atoms with van der Waals surface area (Å²) in [6.07, 6.45) is 0.994. The van der Waals surface area contributed by atoms with Gasteiger partial charge in [0, 0.05) is 6.26 Å². The molecule has 78 valence electrons. The van der Waals surface area contributed by atoms with E-state index in [9.17, 15) is 18.3 Å². The second-order valence-electron chi connectivity index (χ2n) is 3.51. The van der Waals surface area contributed by atoms with E-state index in [0.29, 0.717) is 0 Å². The highest BCUT2D eigenvalue weighted by Crippen LogP contribution is 2.23. The molecular weight excluding hydrogens is 211 g/mol. The molecule has 2 unspecified atom stereocenters. The van der Waals surface area contributed by atoms with Crippen molar-refractivity contribution in [2.45, 2.75) is 19.4 Å². The van der Waals surface area contributed by atoms with Crippen LogP contribution < -0.4 is 0 Å². The van der Waals surface area contributed by atoms with Gasteiger partial charge in [0.05, 0.1) is 5.75 Å². The lowest BCUT2D eigenvalue weighted by atomic mass is 9.94. The summed E-state index contributed by atoms with van der Waals surface area (Å²) in [5.74, 6) is -0.952. The Morgan fingerprint density at radius 1 is 1.54 bits per heavy atom. The van der Waals surface area contributed by atoms with Gasteiger partial charge in [-0.3, -0.25) is 4.79 Å². The zero-order valence-corrected chi connectivity index (χ0v) is 9.91. The smallest absolute Gasteiger partial charge is 0.180 e. The predicted octanol–water partition coefficient (Wildman–Crippen LogP) is -0.180. The zero-order valence-electron chi connectivity index (χ0n) is 7.94. The normalized spacial score (nSPS) is 17.1. The first-order chi connectivity index (χ1) is 5.59. The molecule has 0 bridgehead atoms. The minimum Gasteiger partial charge on any atom is -0.380 e. The summed E-state index contributed by atoms with van der Waals surface area (Å²) < 4.78 is 21.9. The highest BCUT2D eigenvalue weighted by molar-refractivity contribution is 7.90. The van der Waals surface area contributed by atoms with Crippen molar-refractivity contribution in [2.24, 2.45) is 5.92 Å².